The fraction of sp³-hybridized carbons (Fsp3) is 0.423. The van der Waals surface area contributed by atoms with E-state index >= 15 is 0 Å². The summed E-state index contributed by atoms with van der Waals surface area (Å²) in [6.45, 7) is 6.76. The lowest BCUT2D eigenvalue weighted by Gasteiger charge is -2.23. The fourth-order valence-electron chi connectivity index (χ4n) is 4.10. The normalized spacial score (nSPS) is 11.0. The van der Waals surface area contributed by atoms with Gasteiger partial charge in [-0.1, -0.05) is 45.9 Å². The van der Waals surface area contributed by atoms with Crippen LogP contribution in [-0.4, -0.2) is 61.1 Å². The molecule has 2 amide bonds. The summed E-state index contributed by atoms with van der Waals surface area (Å²) >= 11 is 0. The van der Waals surface area contributed by atoms with Crippen molar-refractivity contribution in [3.05, 3.63) is 54.4 Å². The molecular weight excluding hydrogens is 492 g/mol. The highest BCUT2D eigenvalue weighted by atomic mass is 33.1. The van der Waals surface area contributed by atoms with Crippen LogP contribution in [0.3, 0.4) is 0 Å². The SMILES string of the molecule is CCN(CC(=O)NCCSSCCNC(=O)Cn1c(C)[n+](C)c2ccccc21)c1ccccc1[NH2+]C. The number of anilines is 1. The summed E-state index contributed by atoms with van der Waals surface area (Å²) in [4.78, 5) is 27.0. The van der Waals surface area contributed by atoms with Crippen LogP contribution in [0.15, 0.2) is 48.5 Å². The number of fused-ring (bicyclic) bond motifs is 1. The molecule has 10 heteroatoms. The number of aryl methyl sites for hydroxylation is 1. The quantitative estimate of drug-likeness (QED) is 0.128. The van der Waals surface area contributed by atoms with Crippen LogP contribution >= 0.6 is 21.6 Å². The first-order valence-electron chi connectivity index (χ1n) is 12.3. The first kappa shape index (κ1) is 27.9. The molecular formula is C26H38N6O2S2+2. The summed E-state index contributed by atoms with van der Waals surface area (Å²) in [7, 11) is 7.45. The Hall–Kier alpha value is -2.69. The van der Waals surface area contributed by atoms with Crippen molar-refractivity contribution in [2.45, 2.75) is 20.4 Å². The molecule has 0 fully saturated rings. The predicted octanol–water partition coefficient (Wildman–Crippen LogP) is 1.74. The lowest BCUT2D eigenvalue weighted by atomic mass is 10.2. The van der Waals surface area contributed by atoms with E-state index in [1.807, 2.05) is 55.9 Å². The highest BCUT2D eigenvalue weighted by Crippen LogP contribution is 2.21. The van der Waals surface area contributed by atoms with Crippen molar-refractivity contribution in [2.75, 3.05) is 49.6 Å². The number of nitrogens with zero attached hydrogens (tertiary/aromatic N) is 3. The average molecular weight is 531 g/mol. The van der Waals surface area contributed by atoms with Gasteiger partial charge in [0.1, 0.15) is 0 Å². The molecule has 0 aliphatic heterocycles. The first-order chi connectivity index (χ1) is 17.5. The van der Waals surface area contributed by atoms with Gasteiger partial charge in [0.2, 0.25) is 5.91 Å². The summed E-state index contributed by atoms with van der Waals surface area (Å²) in [6.07, 6.45) is 0. The van der Waals surface area contributed by atoms with Gasteiger partial charge in [-0.15, -0.1) is 0 Å². The zero-order chi connectivity index (χ0) is 25.9. The summed E-state index contributed by atoms with van der Waals surface area (Å²) < 4.78 is 4.16. The van der Waals surface area contributed by atoms with Crippen molar-refractivity contribution >= 4 is 55.8 Å². The van der Waals surface area contributed by atoms with Gasteiger partial charge < -0.3 is 20.9 Å². The van der Waals surface area contributed by atoms with E-state index in [0.29, 0.717) is 26.2 Å². The number of nitrogens with two attached hydrogens (primary N) is 1. The number of rotatable bonds is 14. The van der Waals surface area contributed by atoms with Gasteiger partial charge in [0.05, 0.1) is 26.3 Å². The number of hydrogen-bond donors (Lipinski definition) is 3. The number of hydrogen-bond acceptors (Lipinski definition) is 5. The zero-order valence-corrected chi connectivity index (χ0v) is 23.3. The third-order valence-corrected chi connectivity index (χ3v) is 8.52. The highest BCUT2D eigenvalue weighted by Gasteiger charge is 2.20. The van der Waals surface area contributed by atoms with Crippen molar-refractivity contribution in [3.63, 3.8) is 0 Å². The van der Waals surface area contributed by atoms with Crippen molar-refractivity contribution < 1.29 is 19.5 Å². The van der Waals surface area contributed by atoms with Gasteiger partial charge in [-0.05, 0) is 25.1 Å². The van der Waals surface area contributed by atoms with Gasteiger partial charge in [0.25, 0.3) is 11.7 Å². The summed E-state index contributed by atoms with van der Waals surface area (Å²) in [5.74, 6) is 2.73. The second kappa shape index (κ2) is 14.2. The van der Waals surface area contributed by atoms with Crippen LogP contribution < -0.4 is 25.4 Å². The van der Waals surface area contributed by atoms with Gasteiger partial charge in [-0.2, -0.15) is 0 Å². The van der Waals surface area contributed by atoms with Crippen molar-refractivity contribution in [2.24, 2.45) is 7.05 Å². The number of likely N-dealkylation sites (N-methyl/N-ethyl adjacent to an activating group) is 1. The molecule has 3 rings (SSSR count). The maximum Gasteiger partial charge on any atom is 0.262 e. The number of nitrogens with one attached hydrogen (secondary N) is 2. The molecule has 0 bridgehead atoms. The standard InChI is InChI=1S/C26H36N6O2S2/c1-5-31(22-11-7-6-10-21(22)27-3)18-25(33)28-14-16-35-36-17-15-29-26(34)19-32-20(2)30(4)23-12-8-9-13-24(23)32/h6-13,27H,5,14-19H2,1-4H3,(H-,28,29,33,34)/p+2. The Morgan fingerprint density at radius 1 is 1.00 bits per heavy atom. The van der Waals surface area contributed by atoms with Gasteiger partial charge in [0.15, 0.2) is 23.3 Å². The van der Waals surface area contributed by atoms with Crippen molar-refractivity contribution in [3.8, 4) is 0 Å². The molecule has 4 N–H and O–H groups in total. The number of benzene rings is 2. The number of para-hydroxylation sites is 4. The zero-order valence-electron chi connectivity index (χ0n) is 21.6. The van der Waals surface area contributed by atoms with E-state index in [-0.39, 0.29) is 11.8 Å². The molecule has 3 aromatic rings. The number of imidazole rings is 1. The van der Waals surface area contributed by atoms with Gasteiger partial charge >= 0.3 is 0 Å². The molecule has 2 aromatic carbocycles. The maximum atomic E-state index is 12.5. The van der Waals surface area contributed by atoms with E-state index in [1.54, 1.807) is 21.6 Å². The molecule has 0 aliphatic carbocycles. The van der Waals surface area contributed by atoms with E-state index in [0.717, 1.165) is 46.3 Å². The Bertz CT molecular complexity index is 1170. The average Bonchev–Trinajstić information content (AvgIpc) is 3.13. The van der Waals surface area contributed by atoms with Gasteiger partial charge in [-0.25, -0.2) is 9.13 Å². The molecule has 0 radical (unpaired) electrons. The Balaban J connectivity index is 1.29. The van der Waals surface area contributed by atoms with Crippen molar-refractivity contribution in [1.29, 1.82) is 0 Å². The summed E-state index contributed by atoms with van der Waals surface area (Å²) in [6, 6.07) is 16.3. The molecule has 36 heavy (non-hydrogen) atoms. The molecule has 0 saturated heterocycles. The smallest absolute Gasteiger partial charge is 0.262 e. The number of aromatic nitrogens is 2. The number of carbonyl (C=O) groups is 2. The molecule has 0 saturated carbocycles. The van der Waals surface area contributed by atoms with E-state index in [9.17, 15) is 9.59 Å². The monoisotopic (exact) mass is 530 g/mol. The molecule has 194 valence electrons. The molecule has 8 nitrogen and oxygen atoms in total. The summed E-state index contributed by atoms with van der Waals surface area (Å²) in [5.41, 5.74) is 4.40. The molecule has 0 spiro atoms. The second-order valence-corrected chi connectivity index (χ2v) is 11.1. The van der Waals surface area contributed by atoms with Crippen LogP contribution in [-0.2, 0) is 23.2 Å². The maximum absolute atomic E-state index is 12.5. The second-order valence-electron chi connectivity index (χ2n) is 8.39. The molecule has 0 aliphatic rings. The molecule has 1 aromatic heterocycles. The van der Waals surface area contributed by atoms with Gasteiger partial charge in [-0.3, -0.25) is 9.59 Å². The van der Waals surface area contributed by atoms with Crippen LogP contribution in [0.25, 0.3) is 11.0 Å². The number of carbonyl (C=O) groups excluding carboxylic acids is 2. The Morgan fingerprint density at radius 3 is 2.33 bits per heavy atom. The van der Waals surface area contributed by atoms with Crippen molar-refractivity contribution in [1.82, 2.24) is 15.2 Å². The molecule has 0 atom stereocenters. The van der Waals surface area contributed by atoms with Crippen LogP contribution in [0.1, 0.15) is 12.7 Å². The lowest BCUT2D eigenvalue weighted by molar-refractivity contribution is -0.652. The Morgan fingerprint density at radius 2 is 1.64 bits per heavy atom. The van der Waals surface area contributed by atoms with E-state index in [1.165, 1.54) is 0 Å². The fourth-order valence-corrected chi connectivity index (χ4v) is 5.92. The lowest BCUT2D eigenvalue weighted by Crippen LogP contribution is -2.73. The minimum Gasteiger partial charge on any atom is -0.358 e. The third-order valence-electron chi connectivity index (χ3n) is 6.11. The predicted molar refractivity (Wildman–Crippen MR) is 151 cm³/mol. The van der Waals surface area contributed by atoms with Crippen LogP contribution in [0.4, 0.5) is 11.4 Å². The topological polar surface area (TPSA) is 86.9 Å². The van der Waals surface area contributed by atoms with E-state index < -0.39 is 0 Å². The minimum absolute atomic E-state index is 0.0139. The summed E-state index contributed by atoms with van der Waals surface area (Å²) in [5, 5.41) is 8.09. The van der Waals surface area contributed by atoms with E-state index in [4.69, 9.17) is 0 Å². The first-order valence-corrected chi connectivity index (χ1v) is 14.8. The van der Waals surface area contributed by atoms with E-state index in [2.05, 4.69) is 50.5 Å². The largest absolute Gasteiger partial charge is 0.358 e. The third kappa shape index (κ3) is 7.41. The van der Waals surface area contributed by atoms with Crippen LogP contribution in [0.2, 0.25) is 0 Å². The van der Waals surface area contributed by atoms with Gasteiger partial charge in [0, 0.05) is 44.1 Å². The Kier molecular flexibility index (Phi) is 11.0. The molecule has 1 heterocycles. The highest BCUT2D eigenvalue weighted by molar-refractivity contribution is 8.76. The minimum atomic E-state index is 0.0139. The van der Waals surface area contributed by atoms with Crippen LogP contribution in [0, 0.1) is 6.92 Å². The number of amides is 2. The Labute approximate surface area is 221 Å². The molecule has 0 unspecified atom stereocenters. The van der Waals surface area contributed by atoms with Crippen LogP contribution in [0.5, 0.6) is 0 Å². The number of quaternary nitrogens is 1.